The number of hydroxylamine groups is 1. The summed E-state index contributed by atoms with van der Waals surface area (Å²) in [5, 5.41) is 11.5. The van der Waals surface area contributed by atoms with Gasteiger partial charge in [-0.05, 0) is 12.1 Å². The van der Waals surface area contributed by atoms with E-state index in [0.29, 0.717) is 0 Å². The second kappa shape index (κ2) is 3.60. The first-order chi connectivity index (χ1) is 6.00. The Morgan fingerprint density at radius 2 is 1.69 bits per heavy atom. The smallest absolute Gasteiger partial charge is 0.182 e. The summed E-state index contributed by atoms with van der Waals surface area (Å²) >= 11 is 0. The van der Waals surface area contributed by atoms with Crippen molar-refractivity contribution < 1.29 is 4.74 Å². The van der Waals surface area contributed by atoms with Gasteiger partial charge in [0.1, 0.15) is 0 Å². The molecule has 0 saturated heterocycles. The van der Waals surface area contributed by atoms with Crippen LogP contribution in [0, 0.1) is 5.21 Å². The average Bonchev–Trinajstić information content (AvgIpc) is 2.04. The minimum Gasteiger partial charge on any atom is -0.623 e. The highest BCUT2D eigenvalue weighted by Crippen LogP contribution is 2.05. The fourth-order valence-corrected chi connectivity index (χ4v) is 0.868. The van der Waals surface area contributed by atoms with Crippen LogP contribution < -0.4 is 0 Å². The van der Waals surface area contributed by atoms with Gasteiger partial charge in [0.2, 0.25) is 0 Å². The van der Waals surface area contributed by atoms with Gasteiger partial charge in [0, 0.05) is 26.3 Å². The summed E-state index contributed by atoms with van der Waals surface area (Å²) in [6.45, 7) is 5.66. The van der Waals surface area contributed by atoms with Crippen LogP contribution in [0.4, 0.5) is 0 Å². The third-order valence-electron chi connectivity index (χ3n) is 1.73. The molecule has 2 nitrogen and oxygen atoms in total. The van der Waals surface area contributed by atoms with Gasteiger partial charge >= 0.3 is 0 Å². The number of rotatable bonds is 1. The highest BCUT2D eigenvalue weighted by molar-refractivity contribution is 5.75. The van der Waals surface area contributed by atoms with Gasteiger partial charge in [-0.1, -0.05) is 18.2 Å². The fourth-order valence-electron chi connectivity index (χ4n) is 0.868. The SMILES string of the molecule is CC(C)(C)/[N+]([O-])=[13CH]/c1ccccc1. The third kappa shape index (κ3) is 2.90. The van der Waals surface area contributed by atoms with E-state index in [9.17, 15) is 5.21 Å². The van der Waals surface area contributed by atoms with Crippen LogP contribution in [-0.2, 0) is 0 Å². The Hall–Kier alpha value is -1.31. The maximum Gasteiger partial charge on any atom is 0.182 e. The lowest BCUT2D eigenvalue weighted by atomic mass is 10.1. The van der Waals surface area contributed by atoms with Crippen LogP contribution in [0.25, 0.3) is 0 Å². The van der Waals surface area contributed by atoms with Crippen LogP contribution >= 0.6 is 0 Å². The van der Waals surface area contributed by atoms with Gasteiger partial charge in [-0.25, -0.2) is 4.74 Å². The standard InChI is InChI=1S/C11H15NO/c1-11(2,3)12(13)9-10-7-5-4-6-8-10/h4-9H,1-3H3/b12-9-/i9+1. The highest BCUT2D eigenvalue weighted by atomic mass is 16.5. The van der Waals surface area contributed by atoms with Crippen LogP contribution in [0.5, 0.6) is 0 Å². The van der Waals surface area contributed by atoms with Crippen LogP contribution in [0.15, 0.2) is 30.3 Å². The predicted molar refractivity (Wildman–Crippen MR) is 55.0 cm³/mol. The van der Waals surface area contributed by atoms with E-state index in [1.807, 2.05) is 51.1 Å². The van der Waals surface area contributed by atoms with Crippen molar-refractivity contribution in [2.45, 2.75) is 26.3 Å². The van der Waals surface area contributed by atoms with Crippen molar-refractivity contribution in [1.29, 1.82) is 0 Å². The van der Waals surface area contributed by atoms with Crippen LogP contribution in [0.2, 0.25) is 0 Å². The summed E-state index contributed by atoms with van der Waals surface area (Å²) in [5.41, 5.74) is 0.572. The van der Waals surface area contributed by atoms with E-state index in [4.69, 9.17) is 0 Å². The second-order valence-corrected chi connectivity index (χ2v) is 4.04. The monoisotopic (exact) mass is 178 g/mol. The summed E-state index contributed by atoms with van der Waals surface area (Å²) in [6.07, 6.45) is 1.61. The maximum atomic E-state index is 11.5. The summed E-state index contributed by atoms with van der Waals surface area (Å²) in [6, 6.07) is 9.60. The molecule has 70 valence electrons. The van der Waals surface area contributed by atoms with E-state index >= 15 is 0 Å². The molecule has 0 aliphatic carbocycles. The van der Waals surface area contributed by atoms with Crippen molar-refractivity contribution in [3.8, 4) is 0 Å². The van der Waals surface area contributed by atoms with Crippen molar-refractivity contribution in [3.63, 3.8) is 0 Å². The molecule has 13 heavy (non-hydrogen) atoms. The molecule has 0 heterocycles. The zero-order valence-electron chi connectivity index (χ0n) is 8.32. The molecule has 0 aliphatic heterocycles. The van der Waals surface area contributed by atoms with Crippen molar-refractivity contribution in [1.82, 2.24) is 0 Å². The van der Waals surface area contributed by atoms with Crippen molar-refractivity contribution in [3.05, 3.63) is 41.1 Å². The van der Waals surface area contributed by atoms with Crippen LogP contribution in [0.3, 0.4) is 0 Å². The molecule has 1 rings (SSSR count). The first-order valence-electron chi connectivity index (χ1n) is 4.36. The van der Waals surface area contributed by atoms with Crippen molar-refractivity contribution >= 4 is 6.21 Å². The van der Waals surface area contributed by atoms with Gasteiger partial charge in [0.25, 0.3) is 0 Å². The predicted octanol–water partition coefficient (Wildman–Crippen LogP) is 2.41. The molecule has 0 amide bonds. The van der Waals surface area contributed by atoms with Crippen LogP contribution in [0.1, 0.15) is 26.3 Å². The molecule has 0 fully saturated rings. The summed E-state index contributed by atoms with van der Waals surface area (Å²) in [5.74, 6) is 0. The first-order valence-corrected chi connectivity index (χ1v) is 4.36. The molecule has 0 bridgehead atoms. The van der Waals surface area contributed by atoms with E-state index in [1.165, 1.54) is 0 Å². The lowest BCUT2D eigenvalue weighted by molar-refractivity contribution is -0.530. The Morgan fingerprint density at radius 3 is 2.15 bits per heavy atom. The van der Waals surface area contributed by atoms with Gasteiger partial charge in [-0.15, -0.1) is 0 Å². The van der Waals surface area contributed by atoms with E-state index in [-0.39, 0.29) is 5.54 Å². The first kappa shape index (κ1) is 9.78. The molecular formula is C11H15NO. The number of nitrogens with zero attached hydrogens (tertiary/aromatic N) is 1. The molecule has 0 aromatic heterocycles. The van der Waals surface area contributed by atoms with Gasteiger partial charge in [-0.3, -0.25) is 0 Å². The lowest BCUT2D eigenvalue weighted by Crippen LogP contribution is -2.29. The summed E-state index contributed by atoms with van der Waals surface area (Å²) in [7, 11) is 0. The Balaban J connectivity index is 2.90. The molecule has 2 heteroatoms. The molecule has 0 unspecified atom stereocenters. The molecule has 1 aromatic carbocycles. The molecule has 0 atom stereocenters. The van der Waals surface area contributed by atoms with Gasteiger partial charge < -0.3 is 5.21 Å². The molecular weight excluding hydrogens is 163 g/mol. The molecule has 1 aromatic rings. The number of benzene rings is 1. The zero-order chi connectivity index (χ0) is 9.90. The molecule has 0 spiro atoms. The maximum absolute atomic E-state index is 11.5. The van der Waals surface area contributed by atoms with E-state index in [0.717, 1.165) is 10.3 Å². The fraction of sp³-hybridized carbons (Fsp3) is 0.364. The molecule has 0 saturated carbocycles. The minimum absolute atomic E-state index is 0.365. The molecule has 0 N–H and O–H groups in total. The van der Waals surface area contributed by atoms with Gasteiger partial charge in [0.05, 0.1) is 0 Å². The topological polar surface area (TPSA) is 26.1 Å². The van der Waals surface area contributed by atoms with Crippen molar-refractivity contribution in [2.75, 3.05) is 0 Å². The normalized spacial score (nSPS) is 13.0. The van der Waals surface area contributed by atoms with Gasteiger partial charge in [-0.2, -0.15) is 0 Å². The zero-order valence-corrected chi connectivity index (χ0v) is 8.32. The Labute approximate surface area is 79.1 Å². The molecule has 0 aliphatic rings. The number of hydrogen-bond acceptors (Lipinski definition) is 1. The quantitative estimate of drug-likeness (QED) is 0.213. The van der Waals surface area contributed by atoms with E-state index < -0.39 is 0 Å². The minimum atomic E-state index is -0.365. The van der Waals surface area contributed by atoms with Crippen molar-refractivity contribution in [2.24, 2.45) is 0 Å². The summed E-state index contributed by atoms with van der Waals surface area (Å²) < 4.78 is 0.975. The number of hydrogen-bond donors (Lipinski definition) is 0. The molecule has 0 radical (unpaired) electrons. The summed E-state index contributed by atoms with van der Waals surface area (Å²) in [4.78, 5) is 0. The van der Waals surface area contributed by atoms with E-state index in [1.54, 1.807) is 6.21 Å². The lowest BCUT2D eigenvalue weighted by Gasteiger charge is -2.18. The highest BCUT2D eigenvalue weighted by Gasteiger charge is 2.17. The largest absolute Gasteiger partial charge is 0.623 e. The average molecular weight is 178 g/mol. The van der Waals surface area contributed by atoms with E-state index in [2.05, 4.69) is 0 Å². The Bertz CT molecular complexity index is 296. The second-order valence-electron chi connectivity index (χ2n) is 4.04. The Morgan fingerprint density at radius 1 is 1.15 bits per heavy atom. The van der Waals surface area contributed by atoms with Crippen LogP contribution in [-0.4, -0.2) is 16.5 Å². The third-order valence-corrected chi connectivity index (χ3v) is 1.73. The van der Waals surface area contributed by atoms with Gasteiger partial charge in [0.15, 0.2) is 11.8 Å². The Kier molecular flexibility index (Phi) is 2.71.